The molecule has 2 N–H and O–H groups in total. The number of nitrogens with zero attached hydrogens (tertiary/aromatic N) is 1. The van der Waals surface area contributed by atoms with Crippen molar-refractivity contribution >= 4 is 41.7 Å². The minimum atomic E-state index is 0. The van der Waals surface area contributed by atoms with Crippen molar-refractivity contribution in [3.8, 4) is 5.75 Å². The predicted octanol–water partition coefficient (Wildman–Crippen LogP) is 3.91. The Balaban J connectivity index is 0.00000288. The third-order valence-corrected chi connectivity index (χ3v) is 5.26. The highest BCUT2D eigenvalue weighted by atomic mass is 127. The normalized spacial score (nSPS) is 22.2. The minimum Gasteiger partial charge on any atom is -0.489 e. The van der Waals surface area contributed by atoms with E-state index in [-0.39, 0.29) is 30.1 Å². The van der Waals surface area contributed by atoms with Crippen LogP contribution in [0.1, 0.15) is 32.6 Å². The molecule has 1 aliphatic carbocycles. The van der Waals surface area contributed by atoms with Crippen LogP contribution in [0, 0.1) is 0 Å². The number of aliphatic imine (C=N–C) groups is 1. The number of guanidine groups is 1. The number of benzene rings is 1. The molecule has 3 atom stereocenters. The molecule has 1 aromatic carbocycles. The zero-order valence-electron chi connectivity index (χ0n) is 14.8. The van der Waals surface area contributed by atoms with Crippen molar-refractivity contribution < 1.29 is 4.74 Å². The molecule has 1 aromatic rings. The summed E-state index contributed by atoms with van der Waals surface area (Å²) in [5, 5.41) is 7.71. The van der Waals surface area contributed by atoms with E-state index >= 15 is 0 Å². The lowest BCUT2D eigenvalue weighted by molar-refractivity contribution is 0.223. The number of rotatable bonds is 6. The van der Waals surface area contributed by atoms with Crippen LogP contribution < -0.4 is 15.4 Å². The van der Waals surface area contributed by atoms with Crippen molar-refractivity contribution in [1.82, 2.24) is 10.6 Å². The maximum absolute atomic E-state index is 5.89. The standard InChI is InChI=1S/C18H29N3OS.HI/c1-14(22-16-9-5-4-6-10-16)13-20-18(19-2)21-15-8-7-11-17(12-15)23-3;/h4-6,9-10,14-15,17H,7-8,11-13H2,1-3H3,(H2,19,20,21);1H. The first-order chi connectivity index (χ1) is 11.2. The van der Waals surface area contributed by atoms with E-state index in [2.05, 4.69) is 28.8 Å². The Morgan fingerprint density at radius 3 is 2.75 bits per heavy atom. The first kappa shape index (κ1) is 21.4. The summed E-state index contributed by atoms with van der Waals surface area (Å²) >= 11 is 1.98. The quantitative estimate of drug-likeness (QED) is 0.382. The van der Waals surface area contributed by atoms with Crippen LogP contribution in [0.15, 0.2) is 35.3 Å². The summed E-state index contributed by atoms with van der Waals surface area (Å²) < 4.78 is 5.89. The van der Waals surface area contributed by atoms with Crippen molar-refractivity contribution in [1.29, 1.82) is 0 Å². The molecule has 0 amide bonds. The Morgan fingerprint density at radius 1 is 1.33 bits per heavy atom. The van der Waals surface area contributed by atoms with E-state index in [0.29, 0.717) is 6.04 Å². The van der Waals surface area contributed by atoms with Crippen molar-refractivity contribution in [3.05, 3.63) is 30.3 Å². The van der Waals surface area contributed by atoms with E-state index in [1.807, 2.05) is 49.1 Å². The van der Waals surface area contributed by atoms with E-state index < -0.39 is 0 Å². The SMILES string of the molecule is CN=C(NCC(C)Oc1ccccc1)NC1CCCC(SC)C1.I. The Bertz CT molecular complexity index is 486. The Morgan fingerprint density at radius 2 is 2.08 bits per heavy atom. The van der Waals surface area contributed by atoms with E-state index in [9.17, 15) is 0 Å². The van der Waals surface area contributed by atoms with Crippen molar-refractivity contribution in [2.45, 2.75) is 50.0 Å². The first-order valence-corrected chi connectivity index (χ1v) is 9.71. The molecular formula is C18H30IN3OS. The second-order valence-corrected chi connectivity index (χ2v) is 7.20. The maximum Gasteiger partial charge on any atom is 0.191 e. The number of thioether (sulfide) groups is 1. The Hall–Kier alpha value is -0.630. The van der Waals surface area contributed by atoms with Crippen molar-refractivity contribution in [2.75, 3.05) is 19.8 Å². The molecule has 0 saturated heterocycles. The zero-order chi connectivity index (χ0) is 16.5. The van der Waals surface area contributed by atoms with Gasteiger partial charge < -0.3 is 15.4 Å². The highest BCUT2D eigenvalue weighted by molar-refractivity contribution is 14.0. The fraction of sp³-hybridized carbons (Fsp3) is 0.611. The van der Waals surface area contributed by atoms with E-state index in [1.54, 1.807) is 0 Å². The van der Waals surface area contributed by atoms with Crippen molar-refractivity contribution in [2.24, 2.45) is 4.99 Å². The molecule has 2 rings (SSSR count). The smallest absolute Gasteiger partial charge is 0.191 e. The van der Waals surface area contributed by atoms with Crippen LogP contribution in [-0.4, -0.2) is 43.2 Å². The van der Waals surface area contributed by atoms with Crippen LogP contribution in [0.5, 0.6) is 5.75 Å². The van der Waals surface area contributed by atoms with E-state index in [1.165, 1.54) is 25.7 Å². The lowest BCUT2D eigenvalue weighted by Gasteiger charge is -2.30. The molecule has 1 aliphatic rings. The first-order valence-electron chi connectivity index (χ1n) is 8.43. The fourth-order valence-corrected chi connectivity index (χ4v) is 3.72. The molecule has 0 radical (unpaired) electrons. The topological polar surface area (TPSA) is 45.7 Å². The third kappa shape index (κ3) is 7.51. The molecule has 6 heteroatoms. The number of para-hydroxylation sites is 1. The van der Waals surface area contributed by atoms with Crippen LogP contribution in [0.3, 0.4) is 0 Å². The van der Waals surface area contributed by atoms with Gasteiger partial charge in [0.15, 0.2) is 5.96 Å². The minimum absolute atomic E-state index is 0. The van der Waals surface area contributed by atoms with Crippen LogP contribution in [-0.2, 0) is 0 Å². The second-order valence-electron chi connectivity index (χ2n) is 6.06. The van der Waals surface area contributed by atoms with Crippen LogP contribution in [0.25, 0.3) is 0 Å². The number of hydrogen-bond acceptors (Lipinski definition) is 3. The molecule has 3 unspecified atom stereocenters. The van der Waals surface area contributed by atoms with Gasteiger partial charge in [0, 0.05) is 18.3 Å². The van der Waals surface area contributed by atoms with Gasteiger partial charge in [0.1, 0.15) is 11.9 Å². The molecule has 1 fully saturated rings. The lowest BCUT2D eigenvalue weighted by Crippen LogP contribution is -2.47. The second kappa shape index (κ2) is 11.8. The average molecular weight is 463 g/mol. The van der Waals surface area contributed by atoms with Gasteiger partial charge in [0.25, 0.3) is 0 Å². The number of nitrogens with one attached hydrogen (secondary N) is 2. The molecule has 0 spiro atoms. The van der Waals surface area contributed by atoms with Gasteiger partial charge in [-0.25, -0.2) is 0 Å². The summed E-state index contributed by atoms with van der Waals surface area (Å²) in [6.45, 7) is 2.80. The highest BCUT2D eigenvalue weighted by Crippen LogP contribution is 2.26. The Kier molecular flexibility index (Phi) is 10.6. The van der Waals surface area contributed by atoms with E-state index in [0.717, 1.165) is 23.5 Å². The maximum atomic E-state index is 5.89. The number of hydrogen-bond donors (Lipinski definition) is 2. The summed E-state index contributed by atoms with van der Waals surface area (Å²) in [6.07, 6.45) is 7.39. The van der Waals surface area contributed by atoms with Gasteiger partial charge in [-0.05, 0) is 44.6 Å². The van der Waals surface area contributed by atoms with Crippen molar-refractivity contribution in [3.63, 3.8) is 0 Å². The Labute approximate surface area is 167 Å². The molecule has 0 bridgehead atoms. The molecule has 4 nitrogen and oxygen atoms in total. The van der Waals surface area contributed by atoms with Crippen LogP contribution in [0.2, 0.25) is 0 Å². The number of ether oxygens (including phenoxy) is 1. The summed E-state index contributed by atoms with van der Waals surface area (Å²) in [7, 11) is 1.83. The van der Waals surface area contributed by atoms with E-state index in [4.69, 9.17) is 4.74 Å². The summed E-state index contributed by atoms with van der Waals surface area (Å²) in [6, 6.07) is 10.5. The monoisotopic (exact) mass is 463 g/mol. The van der Waals surface area contributed by atoms with Gasteiger partial charge in [-0.3, -0.25) is 4.99 Å². The molecular weight excluding hydrogens is 433 g/mol. The van der Waals surface area contributed by atoms with Crippen LogP contribution >= 0.6 is 35.7 Å². The number of halogens is 1. The molecule has 1 saturated carbocycles. The van der Waals surface area contributed by atoms with Gasteiger partial charge in [0.05, 0.1) is 6.54 Å². The van der Waals surface area contributed by atoms with Gasteiger partial charge in [-0.15, -0.1) is 24.0 Å². The largest absolute Gasteiger partial charge is 0.489 e. The average Bonchev–Trinajstić information content (AvgIpc) is 2.59. The van der Waals surface area contributed by atoms with Gasteiger partial charge in [-0.1, -0.05) is 24.6 Å². The molecule has 136 valence electrons. The predicted molar refractivity (Wildman–Crippen MR) is 116 cm³/mol. The zero-order valence-corrected chi connectivity index (χ0v) is 18.0. The summed E-state index contributed by atoms with van der Waals surface area (Å²) in [5.41, 5.74) is 0. The van der Waals surface area contributed by atoms with Gasteiger partial charge in [0.2, 0.25) is 0 Å². The summed E-state index contributed by atoms with van der Waals surface area (Å²) in [4.78, 5) is 4.34. The molecule has 24 heavy (non-hydrogen) atoms. The molecule has 0 heterocycles. The van der Waals surface area contributed by atoms with Gasteiger partial charge >= 0.3 is 0 Å². The summed E-state index contributed by atoms with van der Waals surface area (Å²) in [5.74, 6) is 1.78. The lowest BCUT2D eigenvalue weighted by atomic mass is 9.95. The molecule has 0 aliphatic heterocycles. The molecule has 0 aromatic heterocycles. The fourth-order valence-electron chi connectivity index (χ4n) is 2.89. The highest BCUT2D eigenvalue weighted by Gasteiger charge is 2.22. The third-order valence-electron chi connectivity index (χ3n) is 4.16. The van der Waals surface area contributed by atoms with Gasteiger partial charge in [-0.2, -0.15) is 11.8 Å². The van der Waals surface area contributed by atoms with Crippen LogP contribution in [0.4, 0.5) is 0 Å².